The molecule has 3 aromatic rings. The first-order chi connectivity index (χ1) is 15.0. The van der Waals surface area contributed by atoms with Gasteiger partial charge in [0, 0.05) is 23.6 Å². The molecule has 7 heteroatoms. The van der Waals surface area contributed by atoms with E-state index in [2.05, 4.69) is 17.1 Å². The predicted molar refractivity (Wildman–Crippen MR) is 113 cm³/mol. The SMILES string of the molecule is Cc1c2c(nn1-c1ccccc1)C[C@]1(C#N)C(=O)N=C(N)[C@]1(C#N)[C@@H]2c1ccccc1. The van der Waals surface area contributed by atoms with E-state index in [-0.39, 0.29) is 12.3 Å². The van der Waals surface area contributed by atoms with Gasteiger partial charge >= 0.3 is 0 Å². The minimum absolute atomic E-state index is 0.0145. The molecule has 2 aromatic carbocycles. The molecule has 0 spiro atoms. The molecular formula is C24H18N6O. The standard InChI is InChI=1S/C24H18N6O/c1-15-19-18(29-30(15)17-10-6-3-7-11-17)12-23(13-25)22(31)28-21(27)24(23,14-26)20(19)16-8-4-2-5-9-16/h2-11,20H,12H2,1H3,(H2,27,28,31)/t20-,23+,24+/m1/s1. The van der Waals surface area contributed by atoms with Crippen molar-refractivity contribution in [2.24, 2.45) is 21.6 Å². The third-order valence-corrected chi connectivity index (χ3v) is 6.56. The molecule has 7 nitrogen and oxygen atoms in total. The topological polar surface area (TPSA) is 121 Å². The van der Waals surface area contributed by atoms with Gasteiger partial charge in [-0.2, -0.15) is 20.6 Å². The van der Waals surface area contributed by atoms with Gasteiger partial charge in [0.1, 0.15) is 5.84 Å². The van der Waals surface area contributed by atoms with Gasteiger partial charge in [-0.15, -0.1) is 0 Å². The van der Waals surface area contributed by atoms with Crippen molar-refractivity contribution in [2.45, 2.75) is 19.3 Å². The van der Waals surface area contributed by atoms with Crippen LogP contribution in [0, 0.1) is 40.4 Å². The molecule has 2 heterocycles. The third kappa shape index (κ3) is 2.18. The second-order valence-corrected chi connectivity index (χ2v) is 7.95. The van der Waals surface area contributed by atoms with Crippen molar-refractivity contribution in [1.82, 2.24) is 9.78 Å². The number of carbonyl (C=O) groups is 1. The number of nitriles is 2. The number of rotatable bonds is 2. The van der Waals surface area contributed by atoms with E-state index in [1.807, 2.05) is 67.6 Å². The number of amidine groups is 1. The molecule has 0 radical (unpaired) electrons. The maximum atomic E-state index is 13.0. The summed E-state index contributed by atoms with van der Waals surface area (Å²) < 4.78 is 1.80. The Balaban J connectivity index is 1.88. The van der Waals surface area contributed by atoms with Crippen LogP contribution in [0.4, 0.5) is 0 Å². The highest BCUT2D eigenvalue weighted by molar-refractivity contribution is 6.12. The van der Waals surface area contributed by atoms with Crippen LogP contribution in [-0.2, 0) is 11.2 Å². The molecule has 150 valence electrons. The minimum atomic E-state index is -1.72. The number of carbonyl (C=O) groups excluding carboxylic acids is 1. The van der Waals surface area contributed by atoms with E-state index in [0.717, 1.165) is 22.5 Å². The van der Waals surface area contributed by atoms with Crippen LogP contribution in [0.5, 0.6) is 0 Å². The van der Waals surface area contributed by atoms with Crippen LogP contribution in [0.2, 0.25) is 0 Å². The number of benzene rings is 2. The number of nitrogens with zero attached hydrogens (tertiary/aromatic N) is 5. The molecule has 3 atom stereocenters. The molecule has 1 aliphatic carbocycles. The fourth-order valence-corrected chi connectivity index (χ4v) is 5.11. The molecule has 0 saturated heterocycles. The van der Waals surface area contributed by atoms with E-state index in [0.29, 0.717) is 5.69 Å². The zero-order chi connectivity index (χ0) is 21.8. The third-order valence-electron chi connectivity index (χ3n) is 6.56. The number of hydrogen-bond donors (Lipinski definition) is 1. The fourth-order valence-electron chi connectivity index (χ4n) is 5.11. The van der Waals surface area contributed by atoms with Crippen molar-refractivity contribution >= 4 is 11.7 Å². The lowest BCUT2D eigenvalue weighted by atomic mass is 9.51. The van der Waals surface area contributed by atoms with Crippen LogP contribution in [0.3, 0.4) is 0 Å². The van der Waals surface area contributed by atoms with Crippen LogP contribution in [0.25, 0.3) is 5.69 Å². The van der Waals surface area contributed by atoms with Crippen molar-refractivity contribution in [3.63, 3.8) is 0 Å². The zero-order valence-electron chi connectivity index (χ0n) is 16.8. The Morgan fingerprint density at radius 1 is 1.06 bits per heavy atom. The molecule has 0 unspecified atom stereocenters. The summed E-state index contributed by atoms with van der Waals surface area (Å²) in [5, 5.41) is 25.5. The first kappa shape index (κ1) is 18.8. The molecule has 2 N–H and O–H groups in total. The molecule has 31 heavy (non-hydrogen) atoms. The van der Waals surface area contributed by atoms with Gasteiger partial charge < -0.3 is 5.73 Å². The molecule has 0 bridgehead atoms. The highest BCUT2D eigenvalue weighted by Crippen LogP contribution is 2.61. The van der Waals surface area contributed by atoms with Gasteiger partial charge in [0.25, 0.3) is 5.91 Å². The van der Waals surface area contributed by atoms with Gasteiger partial charge in [-0.3, -0.25) is 4.79 Å². The highest BCUT2D eigenvalue weighted by Gasteiger charge is 2.71. The lowest BCUT2D eigenvalue weighted by Crippen LogP contribution is -2.55. The normalized spacial score (nSPS) is 26.4. The molecule has 1 aromatic heterocycles. The summed E-state index contributed by atoms with van der Waals surface area (Å²) in [5.74, 6) is -1.43. The number of amides is 1. The van der Waals surface area contributed by atoms with Crippen LogP contribution < -0.4 is 5.73 Å². The van der Waals surface area contributed by atoms with E-state index in [1.165, 1.54) is 0 Å². The van der Waals surface area contributed by atoms with E-state index in [4.69, 9.17) is 10.8 Å². The largest absolute Gasteiger partial charge is 0.386 e. The van der Waals surface area contributed by atoms with Crippen molar-refractivity contribution in [1.29, 1.82) is 10.5 Å². The Labute approximate surface area is 179 Å². The number of nitrogens with two attached hydrogens (primary N) is 1. The maximum absolute atomic E-state index is 13.0. The van der Waals surface area contributed by atoms with Gasteiger partial charge in [-0.05, 0) is 24.6 Å². The van der Waals surface area contributed by atoms with Gasteiger partial charge in [-0.1, -0.05) is 48.5 Å². The number of fused-ring (bicyclic) bond motifs is 2. The number of aliphatic imine (C=N–C) groups is 1. The van der Waals surface area contributed by atoms with Gasteiger partial charge in [0.15, 0.2) is 10.8 Å². The molecule has 0 fully saturated rings. The molecule has 1 aliphatic heterocycles. The van der Waals surface area contributed by atoms with Crippen LogP contribution in [0.1, 0.15) is 28.4 Å². The van der Waals surface area contributed by atoms with Crippen molar-refractivity contribution in [2.75, 3.05) is 0 Å². The summed E-state index contributed by atoms with van der Waals surface area (Å²) >= 11 is 0. The summed E-state index contributed by atoms with van der Waals surface area (Å²) in [4.78, 5) is 17.0. The summed E-state index contributed by atoms with van der Waals surface area (Å²) in [6.45, 7) is 1.93. The number of aromatic nitrogens is 2. The monoisotopic (exact) mass is 406 g/mol. The van der Waals surface area contributed by atoms with E-state index in [1.54, 1.807) is 4.68 Å². The first-order valence-electron chi connectivity index (χ1n) is 9.90. The van der Waals surface area contributed by atoms with Gasteiger partial charge in [-0.25, -0.2) is 4.68 Å². The van der Waals surface area contributed by atoms with Crippen molar-refractivity contribution < 1.29 is 4.79 Å². The minimum Gasteiger partial charge on any atom is -0.386 e. The molecule has 0 saturated carbocycles. The molecular weight excluding hydrogens is 388 g/mol. The molecule has 1 amide bonds. The summed E-state index contributed by atoms with van der Waals surface area (Å²) in [6.07, 6.45) is -0.0145. The molecule has 5 rings (SSSR count). The fraction of sp³-hybridized carbons (Fsp3) is 0.208. The van der Waals surface area contributed by atoms with Crippen molar-refractivity contribution in [3.05, 3.63) is 83.2 Å². The van der Waals surface area contributed by atoms with Crippen LogP contribution in [-0.4, -0.2) is 21.5 Å². The van der Waals surface area contributed by atoms with Crippen molar-refractivity contribution in [3.8, 4) is 17.8 Å². The number of hydrogen-bond acceptors (Lipinski definition) is 5. The molecule has 2 aliphatic rings. The summed E-state index contributed by atoms with van der Waals surface area (Å²) in [7, 11) is 0. The summed E-state index contributed by atoms with van der Waals surface area (Å²) in [5.41, 5.74) is 6.84. The van der Waals surface area contributed by atoms with E-state index >= 15 is 0 Å². The lowest BCUT2D eigenvalue weighted by molar-refractivity contribution is -0.126. The van der Waals surface area contributed by atoms with Gasteiger partial charge in [0.05, 0.1) is 23.5 Å². The van der Waals surface area contributed by atoms with E-state index < -0.39 is 22.7 Å². The smallest absolute Gasteiger partial charge is 0.270 e. The van der Waals surface area contributed by atoms with Crippen LogP contribution in [0.15, 0.2) is 65.7 Å². The maximum Gasteiger partial charge on any atom is 0.270 e. The Morgan fingerprint density at radius 2 is 1.71 bits per heavy atom. The zero-order valence-corrected chi connectivity index (χ0v) is 16.8. The van der Waals surface area contributed by atoms with Crippen LogP contribution >= 0.6 is 0 Å². The summed E-state index contributed by atoms with van der Waals surface area (Å²) in [6, 6.07) is 23.4. The van der Waals surface area contributed by atoms with Gasteiger partial charge in [0.2, 0.25) is 0 Å². The quantitative estimate of drug-likeness (QED) is 0.701. The second kappa shape index (κ2) is 6.38. The average Bonchev–Trinajstić information content (AvgIpc) is 3.24. The lowest BCUT2D eigenvalue weighted by Gasteiger charge is -2.43. The Morgan fingerprint density at radius 3 is 2.32 bits per heavy atom. The highest BCUT2D eigenvalue weighted by atomic mass is 16.2. The first-order valence-corrected chi connectivity index (χ1v) is 9.90. The van der Waals surface area contributed by atoms with E-state index in [9.17, 15) is 15.3 Å². The average molecular weight is 406 g/mol. The second-order valence-electron chi connectivity index (χ2n) is 7.95. The number of para-hydroxylation sites is 1. The Hall–Kier alpha value is -4.23. The predicted octanol–water partition coefficient (Wildman–Crippen LogP) is 2.79. The Kier molecular flexibility index (Phi) is 3.87. The Bertz CT molecular complexity index is 1330.